The van der Waals surface area contributed by atoms with Crippen molar-refractivity contribution in [3.63, 3.8) is 0 Å². The molecule has 1 atom stereocenters. The Morgan fingerprint density at radius 3 is 2.63 bits per heavy atom. The second-order valence-corrected chi connectivity index (χ2v) is 4.73. The highest BCUT2D eigenvalue weighted by Gasteiger charge is 2.16. The monoisotopic (exact) mass is 263 g/mol. The highest BCUT2D eigenvalue weighted by atomic mass is 16.5. The summed E-state index contributed by atoms with van der Waals surface area (Å²) in [5.74, 6) is -0.228. The van der Waals surface area contributed by atoms with E-state index in [1.165, 1.54) is 12.8 Å². The number of esters is 1. The molecule has 0 spiro atoms. The summed E-state index contributed by atoms with van der Waals surface area (Å²) < 4.78 is 5.60. The fraction of sp³-hybridized carbons (Fsp3) is 0.562. The number of nitrogens with one attached hydrogen (secondary N) is 1. The highest BCUT2D eigenvalue weighted by Crippen LogP contribution is 2.18. The van der Waals surface area contributed by atoms with Crippen molar-refractivity contribution in [3.05, 3.63) is 29.8 Å². The van der Waals surface area contributed by atoms with Gasteiger partial charge in [-0.2, -0.15) is 0 Å². The number of hydrogen-bond donors (Lipinski definition) is 1. The first-order chi connectivity index (χ1) is 9.22. The van der Waals surface area contributed by atoms with Gasteiger partial charge in [0.25, 0.3) is 0 Å². The molecule has 0 aliphatic carbocycles. The van der Waals surface area contributed by atoms with Gasteiger partial charge in [0.2, 0.25) is 0 Å². The molecule has 0 heterocycles. The topological polar surface area (TPSA) is 38.3 Å². The lowest BCUT2D eigenvalue weighted by molar-refractivity contribution is 0.0268. The molecule has 1 aromatic rings. The largest absolute Gasteiger partial charge is 0.459 e. The molecule has 3 nitrogen and oxygen atoms in total. The van der Waals surface area contributed by atoms with Gasteiger partial charge >= 0.3 is 5.97 Å². The van der Waals surface area contributed by atoms with Gasteiger partial charge in [-0.3, -0.25) is 0 Å². The molecule has 0 saturated carbocycles. The average molecular weight is 263 g/mol. The summed E-state index contributed by atoms with van der Waals surface area (Å²) in [6.07, 6.45) is 5.36. The van der Waals surface area contributed by atoms with Crippen LogP contribution in [0.15, 0.2) is 24.3 Å². The molecule has 19 heavy (non-hydrogen) atoms. The van der Waals surface area contributed by atoms with E-state index in [4.69, 9.17) is 4.74 Å². The van der Waals surface area contributed by atoms with Crippen LogP contribution in [0.3, 0.4) is 0 Å². The van der Waals surface area contributed by atoms with Gasteiger partial charge in [0, 0.05) is 12.7 Å². The maximum atomic E-state index is 12.2. The molecular formula is C16H25NO2. The first-order valence-corrected chi connectivity index (χ1v) is 7.20. The number of hydrogen-bond acceptors (Lipinski definition) is 3. The van der Waals surface area contributed by atoms with Gasteiger partial charge in [-0.1, -0.05) is 38.8 Å². The lowest BCUT2D eigenvalue weighted by atomic mass is 10.1. The molecule has 0 aliphatic rings. The minimum atomic E-state index is -0.228. The minimum Gasteiger partial charge on any atom is -0.459 e. The fourth-order valence-electron chi connectivity index (χ4n) is 2.06. The first-order valence-electron chi connectivity index (χ1n) is 7.20. The van der Waals surface area contributed by atoms with Crippen molar-refractivity contribution in [2.75, 3.05) is 12.4 Å². The first kappa shape index (κ1) is 15.5. The SMILES string of the molecule is CCCCCC(CC)OC(=O)c1ccccc1NC. The third kappa shape index (κ3) is 4.93. The van der Waals surface area contributed by atoms with E-state index in [1.807, 2.05) is 25.2 Å². The second-order valence-electron chi connectivity index (χ2n) is 4.73. The number of rotatable bonds is 8. The van der Waals surface area contributed by atoms with Crippen LogP contribution in [0.2, 0.25) is 0 Å². The summed E-state index contributed by atoms with van der Waals surface area (Å²) in [6, 6.07) is 7.44. The molecule has 0 radical (unpaired) electrons. The Kier molecular flexibility index (Phi) is 7.01. The molecule has 1 unspecified atom stereocenters. The van der Waals surface area contributed by atoms with Crippen LogP contribution in [-0.2, 0) is 4.74 Å². The Hall–Kier alpha value is -1.51. The average Bonchev–Trinajstić information content (AvgIpc) is 2.46. The molecule has 1 N–H and O–H groups in total. The number of anilines is 1. The normalized spacial score (nSPS) is 11.9. The lowest BCUT2D eigenvalue weighted by Crippen LogP contribution is -2.18. The molecule has 0 fully saturated rings. The predicted molar refractivity (Wildman–Crippen MR) is 79.6 cm³/mol. The van der Waals surface area contributed by atoms with Crippen molar-refractivity contribution < 1.29 is 9.53 Å². The maximum absolute atomic E-state index is 12.2. The van der Waals surface area contributed by atoms with Gasteiger partial charge in [-0.05, 0) is 31.4 Å². The van der Waals surface area contributed by atoms with Crippen molar-refractivity contribution in [1.29, 1.82) is 0 Å². The van der Waals surface area contributed by atoms with E-state index < -0.39 is 0 Å². The number of carbonyl (C=O) groups excluding carboxylic acids is 1. The smallest absolute Gasteiger partial charge is 0.340 e. The second kappa shape index (κ2) is 8.57. The third-order valence-electron chi connectivity index (χ3n) is 3.28. The summed E-state index contributed by atoms with van der Waals surface area (Å²) in [7, 11) is 1.81. The van der Waals surface area contributed by atoms with Crippen molar-refractivity contribution in [1.82, 2.24) is 0 Å². The zero-order chi connectivity index (χ0) is 14.1. The molecule has 106 valence electrons. The minimum absolute atomic E-state index is 0.0314. The number of benzene rings is 1. The predicted octanol–water partition coefficient (Wildman–Crippen LogP) is 4.24. The van der Waals surface area contributed by atoms with E-state index in [0.29, 0.717) is 5.56 Å². The van der Waals surface area contributed by atoms with Crippen molar-refractivity contribution >= 4 is 11.7 Å². The van der Waals surface area contributed by atoms with Gasteiger partial charge in [-0.25, -0.2) is 4.79 Å². The molecule has 1 aromatic carbocycles. The van der Waals surface area contributed by atoms with Crippen molar-refractivity contribution in [2.45, 2.75) is 52.1 Å². The van der Waals surface area contributed by atoms with E-state index in [9.17, 15) is 4.79 Å². The van der Waals surface area contributed by atoms with E-state index in [-0.39, 0.29) is 12.1 Å². The summed E-state index contributed by atoms with van der Waals surface area (Å²) in [5.41, 5.74) is 1.43. The van der Waals surface area contributed by atoms with Crippen LogP contribution in [0.5, 0.6) is 0 Å². The van der Waals surface area contributed by atoms with Gasteiger partial charge in [0.15, 0.2) is 0 Å². The maximum Gasteiger partial charge on any atom is 0.340 e. The Bertz CT molecular complexity index is 390. The van der Waals surface area contributed by atoms with E-state index in [1.54, 1.807) is 6.07 Å². The summed E-state index contributed by atoms with van der Waals surface area (Å²) >= 11 is 0. The van der Waals surface area contributed by atoms with E-state index in [2.05, 4.69) is 19.2 Å². The number of ether oxygens (including phenoxy) is 1. The van der Waals surface area contributed by atoms with Crippen LogP contribution in [0, 0.1) is 0 Å². The summed E-state index contributed by atoms with van der Waals surface area (Å²) in [4.78, 5) is 12.2. The zero-order valence-electron chi connectivity index (χ0n) is 12.2. The van der Waals surface area contributed by atoms with Crippen LogP contribution < -0.4 is 5.32 Å². The lowest BCUT2D eigenvalue weighted by Gasteiger charge is -2.17. The quantitative estimate of drug-likeness (QED) is 0.563. The zero-order valence-corrected chi connectivity index (χ0v) is 12.2. The van der Waals surface area contributed by atoms with E-state index in [0.717, 1.165) is 24.9 Å². The Balaban J connectivity index is 2.61. The fourth-order valence-corrected chi connectivity index (χ4v) is 2.06. The molecule has 0 saturated heterocycles. The Morgan fingerprint density at radius 2 is 2.00 bits per heavy atom. The van der Waals surface area contributed by atoms with Crippen LogP contribution in [-0.4, -0.2) is 19.1 Å². The van der Waals surface area contributed by atoms with Crippen molar-refractivity contribution in [2.24, 2.45) is 0 Å². The van der Waals surface area contributed by atoms with E-state index >= 15 is 0 Å². The van der Waals surface area contributed by atoms with Gasteiger partial charge < -0.3 is 10.1 Å². The number of carbonyl (C=O) groups is 1. The standard InChI is InChI=1S/C16H25NO2/c1-4-6-7-10-13(5-2)19-16(18)14-11-8-9-12-15(14)17-3/h8-9,11-13,17H,4-7,10H2,1-3H3. The molecular weight excluding hydrogens is 238 g/mol. The summed E-state index contributed by atoms with van der Waals surface area (Å²) in [6.45, 7) is 4.24. The number of unbranched alkanes of at least 4 members (excludes halogenated alkanes) is 2. The molecule has 1 rings (SSSR count). The Morgan fingerprint density at radius 1 is 1.26 bits per heavy atom. The van der Waals surface area contributed by atoms with Crippen LogP contribution in [0.4, 0.5) is 5.69 Å². The molecule has 0 amide bonds. The molecule has 0 aromatic heterocycles. The summed E-state index contributed by atoms with van der Waals surface area (Å²) in [5, 5.41) is 3.02. The third-order valence-corrected chi connectivity index (χ3v) is 3.28. The Labute approximate surface area is 116 Å². The molecule has 3 heteroatoms. The van der Waals surface area contributed by atoms with Gasteiger partial charge in [-0.15, -0.1) is 0 Å². The van der Waals surface area contributed by atoms with Crippen molar-refractivity contribution in [3.8, 4) is 0 Å². The highest BCUT2D eigenvalue weighted by molar-refractivity contribution is 5.95. The van der Waals surface area contributed by atoms with Gasteiger partial charge in [0.1, 0.15) is 6.10 Å². The van der Waals surface area contributed by atoms with Crippen LogP contribution >= 0.6 is 0 Å². The number of para-hydroxylation sites is 1. The molecule has 0 aliphatic heterocycles. The van der Waals surface area contributed by atoms with Crippen LogP contribution in [0.25, 0.3) is 0 Å². The molecule has 0 bridgehead atoms. The van der Waals surface area contributed by atoms with Gasteiger partial charge in [0.05, 0.1) is 5.56 Å². The van der Waals surface area contributed by atoms with Crippen LogP contribution in [0.1, 0.15) is 56.3 Å².